The normalized spacial score (nSPS) is 11.3. The van der Waals surface area contributed by atoms with Crippen molar-refractivity contribution in [2.75, 3.05) is 5.32 Å². The number of fused-ring (bicyclic) bond motifs is 1. The minimum atomic E-state index is -0.229. The van der Waals surface area contributed by atoms with Crippen molar-refractivity contribution in [3.63, 3.8) is 0 Å². The summed E-state index contributed by atoms with van der Waals surface area (Å²) in [5, 5.41) is 3.21. The summed E-state index contributed by atoms with van der Waals surface area (Å²) < 4.78 is 2.74. The van der Waals surface area contributed by atoms with Crippen molar-refractivity contribution in [3.05, 3.63) is 69.6 Å². The van der Waals surface area contributed by atoms with Crippen molar-refractivity contribution in [3.8, 4) is 0 Å². The summed E-state index contributed by atoms with van der Waals surface area (Å²) in [5.41, 5.74) is 3.16. The zero-order valence-corrected chi connectivity index (χ0v) is 14.6. The number of benzene rings is 1. The highest BCUT2D eigenvalue weighted by molar-refractivity contribution is 9.10. The molecular formula is C17H13BrClN3O. The van der Waals surface area contributed by atoms with Gasteiger partial charge in [-0.15, -0.1) is 0 Å². The number of carbonyl (C=O) groups excluding carboxylic acids is 1. The van der Waals surface area contributed by atoms with Crippen LogP contribution in [0, 0.1) is 6.92 Å². The van der Waals surface area contributed by atoms with Crippen LogP contribution in [0.5, 0.6) is 0 Å². The molecule has 23 heavy (non-hydrogen) atoms. The molecule has 0 spiro atoms. The van der Waals surface area contributed by atoms with Crippen molar-refractivity contribution < 1.29 is 4.79 Å². The molecule has 0 saturated carbocycles. The van der Waals surface area contributed by atoms with Crippen LogP contribution in [-0.2, 0) is 4.79 Å². The molecule has 2 heterocycles. The lowest BCUT2D eigenvalue weighted by atomic mass is 10.2. The van der Waals surface area contributed by atoms with Crippen LogP contribution in [0.15, 0.2) is 53.1 Å². The molecule has 1 amide bonds. The smallest absolute Gasteiger partial charge is 0.248 e. The van der Waals surface area contributed by atoms with Crippen LogP contribution in [0.1, 0.15) is 11.3 Å². The fourth-order valence-corrected chi connectivity index (χ4v) is 2.79. The molecule has 1 N–H and O–H groups in total. The van der Waals surface area contributed by atoms with Crippen molar-refractivity contribution in [2.24, 2.45) is 0 Å². The van der Waals surface area contributed by atoms with E-state index in [0.29, 0.717) is 10.8 Å². The standard InChI is InChI=1S/C17H13BrClN3O/c1-11-5-6-12(18)10-13(11)20-16(23)8-7-14-17(19)21-15-4-2-3-9-22(14)15/h2-10H,1H3,(H,20,23). The first-order valence-corrected chi connectivity index (χ1v) is 8.09. The average molecular weight is 391 g/mol. The third-order valence-electron chi connectivity index (χ3n) is 3.37. The molecule has 0 aliphatic carbocycles. The van der Waals surface area contributed by atoms with E-state index in [-0.39, 0.29) is 5.91 Å². The van der Waals surface area contributed by atoms with Gasteiger partial charge in [0.1, 0.15) is 5.65 Å². The van der Waals surface area contributed by atoms with Crippen LogP contribution in [-0.4, -0.2) is 15.3 Å². The summed E-state index contributed by atoms with van der Waals surface area (Å²) in [4.78, 5) is 16.4. The van der Waals surface area contributed by atoms with Crippen molar-refractivity contribution in [2.45, 2.75) is 6.92 Å². The van der Waals surface area contributed by atoms with Crippen LogP contribution in [0.4, 0.5) is 5.69 Å². The molecule has 0 bridgehead atoms. The Hall–Kier alpha value is -2.11. The number of nitrogens with one attached hydrogen (secondary N) is 1. The maximum absolute atomic E-state index is 12.1. The highest BCUT2D eigenvalue weighted by atomic mass is 79.9. The molecule has 0 aliphatic heterocycles. The Labute approximate surface area is 146 Å². The number of halogens is 2. The molecule has 4 nitrogen and oxygen atoms in total. The quantitative estimate of drug-likeness (QED) is 0.658. The Bertz CT molecular complexity index is 917. The van der Waals surface area contributed by atoms with Gasteiger partial charge in [0, 0.05) is 22.4 Å². The van der Waals surface area contributed by atoms with Crippen LogP contribution < -0.4 is 5.32 Å². The first-order chi connectivity index (χ1) is 11.0. The summed E-state index contributed by atoms with van der Waals surface area (Å²) >= 11 is 9.53. The number of hydrogen-bond donors (Lipinski definition) is 1. The van der Waals surface area contributed by atoms with Gasteiger partial charge < -0.3 is 5.32 Å². The molecule has 0 atom stereocenters. The van der Waals surface area contributed by atoms with Gasteiger partial charge in [0.05, 0.1) is 5.69 Å². The maximum atomic E-state index is 12.1. The Morgan fingerprint density at radius 2 is 2.17 bits per heavy atom. The zero-order valence-electron chi connectivity index (χ0n) is 12.3. The van der Waals surface area contributed by atoms with Crippen molar-refractivity contribution in [1.82, 2.24) is 9.38 Å². The lowest BCUT2D eigenvalue weighted by Gasteiger charge is -2.06. The lowest BCUT2D eigenvalue weighted by molar-refractivity contribution is -0.111. The fourth-order valence-electron chi connectivity index (χ4n) is 2.19. The first kappa shape index (κ1) is 15.8. The minimum Gasteiger partial charge on any atom is -0.322 e. The number of hydrogen-bond acceptors (Lipinski definition) is 2. The number of aromatic nitrogens is 2. The molecule has 1 aromatic carbocycles. The van der Waals surface area contributed by atoms with E-state index in [4.69, 9.17) is 11.6 Å². The molecular weight excluding hydrogens is 378 g/mol. The number of carbonyl (C=O) groups is 1. The second kappa shape index (κ2) is 6.56. The summed E-state index contributed by atoms with van der Waals surface area (Å²) in [6.07, 6.45) is 4.96. The van der Waals surface area contributed by atoms with Gasteiger partial charge in [0.2, 0.25) is 5.91 Å². The average Bonchev–Trinajstić information content (AvgIpc) is 2.84. The molecule has 116 valence electrons. The number of rotatable bonds is 3. The topological polar surface area (TPSA) is 46.4 Å². The summed E-state index contributed by atoms with van der Waals surface area (Å²) in [7, 11) is 0. The van der Waals surface area contributed by atoms with E-state index in [1.807, 2.05) is 53.9 Å². The second-order valence-electron chi connectivity index (χ2n) is 5.00. The monoisotopic (exact) mass is 389 g/mol. The highest BCUT2D eigenvalue weighted by Gasteiger charge is 2.08. The molecule has 0 fully saturated rings. The van der Waals surface area contributed by atoms with Gasteiger partial charge in [-0.2, -0.15) is 0 Å². The molecule has 2 aromatic heterocycles. The van der Waals surface area contributed by atoms with E-state index in [1.165, 1.54) is 6.08 Å². The van der Waals surface area contributed by atoms with Crippen LogP contribution in [0.2, 0.25) is 5.15 Å². The Morgan fingerprint density at radius 3 is 3.00 bits per heavy atom. The Balaban J connectivity index is 1.83. The Morgan fingerprint density at radius 1 is 1.35 bits per heavy atom. The number of pyridine rings is 1. The van der Waals surface area contributed by atoms with Crippen LogP contribution >= 0.6 is 27.5 Å². The third kappa shape index (κ3) is 3.46. The molecule has 6 heteroatoms. The molecule has 0 saturated heterocycles. The summed E-state index contributed by atoms with van der Waals surface area (Å²) in [5.74, 6) is -0.229. The number of imidazole rings is 1. The van der Waals surface area contributed by atoms with Gasteiger partial charge in [0.15, 0.2) is 5.15 Å². The van der Waals surface area contributed by atoms with Gasteiger partial charge in [-0.05, 0) is 42.8 Å². The summed E-state index contributed by atoms with van der Waals surface area (Å²) in [6.45, 7) is 1.94. The third-order valence-corrected chi connectivity index (χ3v) is 4.14. The number of anilines is 1. The lowest BCUT2D eigenvalue weighted by Crippen LogP contribution is -2.09. The van der Waals surface area contributed by atoms with E-state index in [0.717, 1.165) is 21.4 Å². The maximum Gasteiger partial charge on any atom is 0.248 e. The van der Waals surface area contributed by atoms with Gasteiger partial charge >= 0.3 is 0 Å². The zero-order chi connectivity index (χ0) is 16.4. The van der Waals surface area contributed by atoms with E-state index in [9.17, 15) is 4.79 Å². The first-order valence-electron chi connectivity index (χ1n) is 6.92. The minimum absolute atomic E-state index is 0.229. The van der Waals surface area contributed by atoms with E-state index < -0.39 is 0 Å². The molecule has 3 aromatic rings. The number of nitrogens with zero attached hydrogens (tertiary/aromatic N) is 2. The van der Waals surface area contributed by atoms with Gasteiger partial charge in [-0.1, -0.05) is 39.7 Å². The molecule has 3 rings (SSSR count). The number of amides is 1. The fraction of sp³-hybridized carbons (Fsp3) is 0.0588. The Kier molecular flexibility index (Phi) is 4.50. The van der Waals surface area contributed by atoms with Gasteiger partial charge in [-0.25, -0.2) is 4.98 Å². The van der Waals surface area contributed by atoms with Crippen LogP contribution in [0.25, 0.3) is 11.7 Å². The van der Waals surface area contributed by atoms with Crippen molar-refractivity contribution in [1.29, 1.82) is 0 Å². The predicted molar refractivity (Wildman–Crippen MR) is 96.7 cm³/mol. The second-order valence-corrected chi connectivity index (χ2v) is 6.27. The van der Waals surface area contributed by atoms with Crippen molar-refractivity contribution >= 4 is 50.8 Å². The SMILES string of the molecule is Cc1ccc(Br)cc1NC(=O)C=Cc1c(Cl)nc2ccccn12. The molecule has 0 unspecified atom stereocenters. The predicted octanol–water partition coefficient (Wildman–Crippen LogP) is 4.71. The molecule has 0 radical (unpaired) electrons. The van der Waals surface area contributed by atoms with E-state index >= 15 is 0 Å². The largest absolute Gasteiger partial charge is 0.322 e. The van der Waals surface area contributed by atoms with Gasteiger partial charge in [0.25, 0.3) is 0 Å². The van der Waals surface area contributed by atoms with E-state index in [1.54, 1.807) is 6.08 Å². The summed E-state index contributed by atoms with van der Waals surface area (Å²) in [6, 6.07) is 11.3. The van der Waals surface area contributed by atoms with Gasteiger partial charge in [-0.3, -0.25) is 9.20 Å². The van der Waals surface area contributed by atoms with E-state index in [2.05, 4.69) is 26.2 Å². The molecule has 0 aliphatic rings. The van der Waals surface area contributed by atoms with Crippen LogP contribution in [0.3, 0.4) is 0 Å². The highest BCUT2D eigenvalue weighted by Crippen LogP contribution is 2.21. The number of aryl methyl sites for hydroxylation is 1.